The van der Waals surface area contributed by atoms with E-state index in [9.17, 15) is 0 Å². The van der Waals surface area contributed by atoms with Gasteiger partial charge in [-0.05, 0) is 44.9 Å². The van der Waals surface area contributed by atoms with Crippen LogP contribution in [0.5, 0.6) is 0 Å². The predicted octanol–water partition coefficient (Wildman–Crippen LogP) is 2.25. The van der Waals surface area contributed by atoms with E-state index in [1.54, 1.807) is 0 Å². The molecule has 0 bridgehead atoms. The Kier molecular flexibility index (Phi) is 4.50. The Morgan fingerprint density at radius 3 is 1.85 bits per heavy atom. The molecule has 3 heteroatoms. The molecule has 2 nitrogen and oxygen atoms in total. The lowest BCUT2D eigenvalue weighted by atomic mass is 9.91. The van der Waals surface area contributed by atoms with Crippen molar-refractivity contribution in [2.75, 3.05) is 0 Å². The third-order valence-corrected chi connectivity index (χ3v) is 3.16. The van der Waals surface area contributed by atoms with Crippen LogP contribution in [-0.4, -0.2) is 18.2 Å². The van der Waals surface area contributed by atoms with E-state index in [1.165, 1.54) is 32.1 Å². The number of hydrogen-bond acceptors (Lipinski definition) is 2. The van der Waals surface area contributed by atoms with Crippen molar-refractivity contribution in [1.29, 1.82) is 0 Å². The molecular weight excluding hydrogens is 186 g/mol. The van der Waals surface area contributed by atoms with Gasteiger partial charge in [0.2, 0.25) is 0 Å². The van der Waals surface area contributed by atoms with Gasteiger partial charge in [0.25, 0.3) is 0 Å². The van der Waals surface area contributed by atoms with E-state index in [2.05, 4.69) is 0 Å². The average molecular weight is 206 g/mol. The molecular formula is C10H20ClNO. The summed E-state index contributed by atoms with van der Waals surface area (Å²) in [7, 11) is 0. The molecule has 2 fully saturated rings. The highest BCUT2D eigenvalue weighted by molar-refractivity contribution is 5.85. The molecule has 2 aliphatic carbocycles. The summed E-state index contributed by atoms with van der Waals surface area (Å²) in [4.78, 5) is 0. The summed E-state index contributed by atoms with van der Waals surface area (Å²) in [5.74, 6) is 0. The molecule has 2 aliphatic rings. The Hall–Kier alpha value is 0.210. The maximum Gasteiger partial charge on any atom is 0.0580 e. The Bertz CT molecular complexity index is 142. The summed E-state index contributed by atoms with van der Waals surface area (Å²) in [5.41, 5.74) is 5.82. The van der Waals surface area contributed by atoms with Crippen LogP contribution in [0.3, 0.4) is 0 Å². The number of rotatable bonds is 2. The van der Waals surface area contributed by atoms with Crippen LogP contribution < -0.4 is 5.73 Å². The summed E-state index contributed by atoms with van der Waals surface area (Å²) in [6.07, 6.45) is 9.81. The first-order valence-corrected chi connectivity index (χ1v) is 5.25. The lowest BCUT2D eigenvalue weighted by Gasteiger charge is -2.33. The fourth-order valence-electron chi connectivity index (χ4n) is 2.00. The first-order valence-electron chi connectivity index (χ1n) is 5.25. The van der Waals surface area contributed by atoms with Gasteiger partial charge < -0.3 is 10.5 Å². The normalized spacial score (nSPS) is 34.8. The van der Waals surface area contributed by atoms with Gasteiger partial charge in [0.15, 0.2) is 0 Å². The van der Waals surface area contributed by atoms with Crippen molar-refractivity contribution >= 4 is 12.4 Å². The van der Waals surface area contributed by atoms with Crippen molar-refractivity contribution in [3.05, 3.63) is 0 Å². The molecule has 13 heavy (non-hydrogen) atoms. The third kappa shape index (κ3) is 3.12. The zero-order valence-corrected chi connectivity index (χ0v) is 8.89. The van der Waals surface area contributed by atoms with Gasteiger partial charge in [-0.15, -0.1) is 12.4 Å². The molecule has 0 saturated heterocycles. The SMILES string of the molecule is Cl.NC1CCC(OC2CCC2)CC1. The maximum atomic E-state index is 5.92. The van der Waals surface area contributed by atoms with E-state index in [0.29, 0.717) is 18.2 Å². The van der Waals surface area contributed by atoms with Crippen LogP contribution in [0.1, 0.15) is 44.9 Å². The number of hydrogen-bond donors (Lipinski definition) is 1. The van der Waals surface area contributed by atoms with Crippen LogP contribution in [0.2, 0.25) is 0 Å². The molecule has 0 aromatic heterocycles. The second-order valence-corrected chi connectivity index (χ2v) is 4.23. The van der Waals surface area contributed by atoms with Crippen LogP contribution in [-0.2, 0) is 4.74 Å². The summed E-state index contributed by atoms with van der Waals surface area (Å²) < 4.78 is 5.92. The Morgan fingerprint density at radius 1 is 0.846 bits per heavy atom. The number of halogens is 1. The fourth-order valence-corrected chi connectivity index (χ4v) is 2.00. The minimum atomic E-state index is 0. The van der Waals surface area contributed by atoms with Crippen LogP contribution in [0, 0.1) is 0 Å². The molecule has 2 rings (SSSR count). The van der Waals surface area contributed by atoms with Gasteiger partial charge in [-0.1, -0.05) is 0 Å². The van der Waals surface area contributed by atoms with E-state index >= 15 is 0 Å². The predicted molar refractivity (Wildman–Crippen MR) is 56.2 cm³/mol. The molecule has 78 valence electrons. The number of nitrogens with two attached hydrogens (primary N) is 1. The van der Waals surface area contributed by atoms with Gasteiger partial charge in [-0.2, -0.15) is 0 Å². The van der Waals surface area contributed by atoms with E-state index in [4.69, 9.17) is 10.5 Å². The zero-order chi connectivity index (χ0) is 8.39. The van der Waals surface area contributed by atoms with Gasteiger partial charge in [0.1, 0.15) is 0 Å². The zero-order valence-electron chi connectivity index (χ0n) is 8.08. The van der Waals surface area contributed by atoms with Crippen molar-refractivity contribution in [3.8, 4) is 0 Å². The molecule has 0 spiro atoms. The Balaban J connectivity index is 0.000000845. The third-order valence-electron chi connectivity index (χ3n) is 3.16. The van der Waals surface area contributed by atoms with Gasteiger partial charge in [0.05, 0.1) is 12.2 Å². The Labute approximate surface area is 86.6 Å². The van der Waals surface area contributed by atoms with Crippen molar-refractivity contribution < 1.29 is 4.74 Å². The molecule has 0 aliphatic heterocycles. The highest BCUT2D eigenvalue weighted by Crippen LogP contribution is 2.28. The van der Waals surface area contributed by atoms with Crippen LogP contribution in [0.15, 0.2) is 0 Å². The largest absolute Gasteiger partial charge is 0.375 e. The molecule has 2 N–H and O–H groups in total. The van der Waals surface area contributed by atoms with Crippen LogP contribution >= 0.6 is 12.4 Å². The molecule has 2 saturated carbocycles. The molecule has 0 heterocycles. The second kappa shape index (κ2) is 5.18. The van der Waals surface area contributed by atoms with E-state index < -0.39 is 0 Å². The molecule has 0 amide bonds. The molecule has 0 atom stereocenters. The minimum absolute atomic E-state index is 0. The standard InChI is InChI=1S/C10H19NO.ClH/c11-8-4-6-10(7-5-8)12-9-2-1-3-9;/h8-10H,1-7,11H2;1H. The molecule has 0 unspecified atom stereocenters. The second-order valence-electron chi connectivity index (χ2n) is 4.23. The minimum Gasteiger partial charge on any atom is -0.375 e. The van der Waals surface area contributed by atoms with Crippen LogP contribution in [0.4, 0.5) is 0 Å². The van der Waals surface area contributed by atoms with Gasteiger partial charge >= 0.3 is 0 Å². The first kappa shape index (κ1) is 11.3. The lowest BCUT2D eigenvalue weighted by Crippen LogP contribution is -2.34. The summed E-state index contributed by atoms with van der Waals surface area (Å²) in [6.45, 7) is 0. The molecule has 0 aromatic carbocycles. The van der Waals surface area contributed by atoms with E-state index in [-0.39, 0.29) is 12.4 Å². The van der Waals surface area contributed by atoms with Crippen molar-refractivity contribution in [1.82, 2.24) is 0 Å². The Morgan fingerprint density at radius 2 is 1.38 bits per heavy atom. The highest BCUT2D eigenvalue weighted by atomic mass is 35.5. The quantitative estimate of drug-likeness (QED) is 0.751. The smallest absolute Gasteiger partial charge is 0.0580 e. The van der Waals surface area contributed by atoms with E-state index in [1.807, 2.05) is 0 Å². The lowest BCUT2D eigenvalue weighted by molar-refractivity contribution is -0.0660. The summed E-state index contributed by atoms with van der Waals surface area (Å²) in [6, 6.07) is 0.450. The van der Waals surface area contributed by atoms with Gasteiger partial charge in [-0.25, -0.2) is 0 Å². The van der Waals surface area contributed by atoms with Crippen molar-refractivity contribution in [3.63, 3.8) is 0 Å². The van der Waals surface area contributed by atoms with E-state index in [0.717, 1.165) is 12.8 Å². The summed E-state index contributed by atoms with van der Waals surface area (Å²) in [5, 5.41) is 0. The van der Waals surface area contributed by atoms with Crippen LogP contribution in [0.25, 0.3) is 0 Å². The molecule has 0 radical (unpaired) electrons. The first-order chi connectivity index (χ1) is 5.84. The fraction of sp³-hybridized carbons (Fsp3) is 1.00. The average Bonchev–Trinajstić information content (AvgIpc) is 2.00. The van der Waals surface area contributed by atoms with Crippen molar-refractivity contribution in [2.24, 2.45) is 5.73 Å². The summed E-state index contributed by atoms with van der Waals surface area (Å²) >= 11 is 0. The maximum absolute atomic E-state index is 5.92. The highest BCUT2D eigenvalue weighted by Gasteiger charge is 2.25. The monoisotopic (exact) mass is 205 g/mol. The van der Waals surface area contributed by atoms with Gasteiger partial charge in [-0.3, -0.25) is 0 Å². The van der Waals surface area contributed by atoms with Gasteiger partial charge in [0, 0.05) is 6.04 Å². The van der Waals surface area contributed by atoms with Crippen molar-refractivity contribution in [2.45, 2.75) is 63.2 Å². The number of ether oxygens (including phenoxy) is 1. The molecule has 0 aromatic rings. The topological polar surface area (TPSA) is 35.2 Å².